The number of carboxylic acid groups (broad SMARTS) is 1. The van der Waals surface area contributed by atoms with Gasteiger partial charge in [0.05, 0.1) is 13.0 Å². The molecule has 1 aromatic carbocycles. The molecule has 4 nitrogen and oxygen atoms in total. The van der Waals surface area contributed by atoms with Crippen LogP contribution >= 0.6 is 0 Å². The lowest BCUT2D eigenvalue weighted by Crippen LogP contribution is -2.24. The molecule has 0 aliphatic heterocycles. The fourth-order valence-corrected chi connectivity index (χ4v) is 1.44. The van der Waals surface area contributed by atoms with Crippen molar-refractivity contribution >= 4 is 5.97 Å². The van der Waals surface area contributed by atoms with Crippen LogP contribution in [0, 0.1) is 0 Å². The molecule has 0 fully saturated rings. The van der Waals surface area contributed by atoms with E-state index in [1.54, 1.807) is 0 Å². The van der Waals surface area contributed by atoms with Crippen molar-refractivity contribution in [2.24, 2.45) is 0 Å². The van der Waals surface area contributed by atoms with Gasteiger partial charge in [-0.1, -0.05) is 18.2 Å². The van der Waals surface area contributed by atoms with Crippen molar-refractivity contribution in [1.29, 1.82) is 0 Å². The van der Waals surface area contributed by atoms with Gasteiger partial charge < -0.3 is 14.7 Å². The van der Waals surface area contributed by atoms with Gasteiger partial charge in [0.1, 0.15) is 5.75 Å². The van der Waals surface area contributed by atoms with Gasteiger partial charge in [0.25, 0.3) is 0 Å². The van der Waals surface area contributed by atoms with E-state index in [2.05, 4.69) is 0 Å². The monoisotopic (exact) mass is 237 g/mol. The minimum atomic E-state index is -0.752. The summed E-state index contributed by atoms with van der Waals surface area (Å²) in [6, 6.07) is 9.68. The molecule has 0 spiro atoms. The van der Waals surface area contributed by atoms with Crippen LogP contribution < -0.4 is 4.74 Å². The van der Waals surface area contributed by atoms with Crippen molar-refractivity contribution in [3.8, 4) is 5.75 Å². The number of hydrogen-bond donors (Lipinski definition) is 1. The van der Waals surface area contributed by atoms with Crippen LogP contribution in [0.2, 0.25) is 0 Å². The van der Waals surface area contributed by atoms with Crippen LogP contribution in [0.25, 0.3) is 0 Å². The topological polar surface area (TPSA) is 49.8 Å². The molecule has 0 amide bonds. The van der Waals surface area contributed by atoms with E-state index in [-0.39, 0.29) is 6.42 Å². The second-order valence-corrected chi connectivity index (χ2v) is 3.96. The highest BCUT2D eigenvalue weighted by Crippen LogP contribution is 2.08. The van der Waals surface area contributed by atoms with Crippen molar-refractivity contribution in [3.63, 3.8) is 0 Å². The van der Waals surface area contributed by atoms with Gasteiger partial charge in [-0.05, 0) is 25.6 Å². The summed E-state index contributed by atoms with van der Waals surface area (Å²) >= 11 is 0. The molecule has 1 aromatic rings. The van der Waals surface area contributed by atoms with Crippen molar-refractivity contribution < 1.29 is 14.6 Å². The van der Waals surface area contributed by atoms with Crippen LogP contribution in [0.1, 0.15) is 12.8 Å². The van der Waals surface area contributed by atoms with Crippen LogP contribution in [0.5, 0.6) is 5.75 Å². The summed E-state index contributed by atoms with van der Waals surface area (Å²) in [4.78, 5) is 12.4. The zero-order valence-corrected chi connectivity index (χ0v) is 10.1. The maximum Gasteiger partial charge on any atom is 0.304 e. The van der Waals surface area contributed by atoms with Crippen molar-refractivity contribution in [1.82, 2.24) is 4.90 Å². The van der Waals surface area contributed by atoms with Crippen molar-refractivity contribution in [3.05, 3.63) is 30.3 Å². The molecule has 0 aliphatic carbocycles. The molecular formula is C13H19NO3. The fraction of sp³-hybridized carbons (Fsp3) is 0.462. The van der Waals surface area contributed by atoms with Crippen LogP contribution in [0.15, 0.2) is 30.3 Å². The quantitative estimate of drug-likeness (QED) is 0.701. The van der Waals surface area contributed by atoms with Crippen molar-refractivity contribution in [2.75, 3.05) is 26.7 Å². The van der Waals surface area contributed by atoms with Crippen LogP contribution in [0.3, 0.4) is 0 Å². The molecule has 0 bridgehead atoms. The Morgan fingerprint density at radius 3 is 2.65 bits per heavy atom. The van der Waals surface area contributed by atoms with Crippen molar-refractivity contribution in [2.45, 2.75) is 12.8 Å². The van der Waals surface area contributed by atoms with E-state index in [1.165, 1.54) is 0 Å². The second kappa shape index (κ2) is 7.68. The first-order valence-electron chi connectivity index (χ1n) is 5.76. The highest BCUT2D eigenvalue weighted by Gasteiger charge is 2.02. The van der Waals surface area contributed by atoms with Crippen LogP contribution in [-0.2, 0) is 4.79 Å². The molecule has 0 aromatic heterocycles. The van der Waals surface area contributed by atoms with E-state index in [4.69, 9.17) is 9.84 Å². The number of aliphatic carboxylic acids is 1. The molecule has 0 saturated carbocycles. The lowest BCUT2D eigenvalue weighted by molar-refractivity contribution is -0.137. The molecule has 94 valence electrons. The summed E-state index contributed by atoms with van der Waals surface area (Å²) in [5.41, 5.74) is 0. The van der Waals surface area contributed by atoms with E-state index in [0.29, 0.717) is 13.2 Å². The first-order valence-corrected chi connectivity index (χ1v) is 5.76. The SMILES string of the molecule is CN(CCCOc1ccccc1)CCC(=O)O. The predicted molar refractivity (Wildman–Crippen MR) is 66.3 cm³/mol. The van der Waals surface area contributed by atoms with Gasteiger partial charge in [-0.15, -0.1) is 0 Å². The van der Waals surface area contributed by atoms with Gasteiger partial charge in [-0.25, -0.2) is 0 Å². The third-order valence-corrected chi connectivity index (χ3v) is 2.40. The number of para-hydroxylation sites is 1. The highest BCUT2D eigenvalue weighted by atomic mass is 16.5. The summed E-state index contributed by atoms with van der Waals surface area (Å²) in [6.07, 6.45) is 1.08. The Morgan fingerprint density at radius 2 is 2.00 bits per heavy atom. The minimum Gasteiger partial charge on any atom is -0.494 e. The molecule has 0 aliphatic rings. The minimum absolute atomic E-state index is 0.191. The Kier molecular flexibility index (Phi) is 6.10. The predicted octanol–water partition coefficient (Wildman–Crippen LogP) is 1.86. The Morgan fingerprint density at radius 1 is 1.29 bits per heavy atom. The lowest BCUT2D eigenvalue weighted by Gasteiger charge is -2.15. The molecule has 17 heavy (non-hydrogen) atoms. The molecule has 4 heteroatoms. The molecule has 1 N–H and O–H groups in total. The maximum absolute atomic E-state index is 10.4. The van der Waals surface area contributed by atoms with E-state index < -0.39 is 5.97 Å². The molecule has 0 radical (unpaired) electrons. The molecular weight excluding hydrogens is 218 g/mol. The largest absolute Gasteiger partial charge is 0.494 e. The summed E-state index contributed by atoms with van der Waals surface area (Å²) in [5.74, 6) is 0.123. The van der Waals surface area contributed by atoms with E-state index >= 15 is 0 Å². The first-order chi connectivity index (χ1) is 8.18. The normalized spacial score (nSPS) is 10.5. The Hall–Kier alpha value is -1.55. The van der Waals surface area contributed by atoms with Crippen LogP contribution in [0.4, 0.5) is 0 Å². The smallest absolute Gasteiger partial charge is 0.304 e. The van der Waals surface area contributed by atoms with Gasteiger partial charge in [0.15, 0.2) is 0 Å². The Labute approximate surface area is 102 Å². The third-order valence-electron chi connectivity index (χ3n) is 2.40. The molecule has 0 saturated heterocycles. The Balaban J connectivity index is 2.06. The third kappa shape index (κ3) is 6.58. The summed E-state index contributed by atoms with van der Waals surface area (Å²) in [5, 5.41) is 8.53. The second-order valence-electron chi connectivity index (χ2n) is 3.96. The molecule has 0 atom stereocenters. The van der Waals surface area contributed by atoms with E-state index in [9.17, 15) is 4.79 Å². The van der Waals surface area contributed by atoms with Gasteiger partial charge in [-0.3, -0.25) is 4.79 Å². The molecule has 0 heterocycles. The molecule has 1 rings (SSSR count). The number of carbonyl (C=O) groups is 1. The number of ether oxygens (including phenoxy) is 1. The number of carboxylic acids is 1. The first kappa shape index (κ1) is 13.5. The highest BCUT2D eigenvalue weighted by molar-refractivity contribution is 5.66. The lowest BCUT2D eigenvalue weighted by atomic mass is 10.3. The standard InChI is InChI=1S/C13H19NO3/c1-14(10-8-13(15)16)9-5-11-17-12-6-3-2-4-7-12/h2-4,6-7H,5,8-11H2,1H3,(H,15,16). The molecule has 0 unspecified atom stereocenters. The summed E-state index contributed by atoms with van der Waals surface area (Å²) in [6.45, 7) is 2.09. The number of hydrogen-bond acceptors (Lipinski definition) is 3. The average Bonchev–Trinajstić information content (AvgIpc) is 2.33. The van der Waals surface area contributed by atoms with E-state index in [1.807, 2.05) is 42.3 Å². The van der Waals surface area contributed by atoms with Crippen LogP contribution in [-0.4, -0.2) is 42.7 Å². The number of benzene rings is 1. The average molecular weight is 237 g/mol. The maximum atomic E-state index is 10.4. The summed E-state index contributed by atoms with van der Waals surface area (Å²) in [7, 11) is 1.92. The zero-order chi connectivity index (χ0) is 12.5. The number of rotatable bonds is 8. The zero-order valence-electron chi connectivity index (χ0n) is 10.1. The van der Waals surface area contributed by atoms with Gasteiger partial charge in [-0.2, -0.15) is 0 Å². The summed E-state index contributed by atoms with van der Waals surface area (Å²) < 4.78 is 5.54. The Bertz CT molecular complexity index is 327. The van der Waals surface area contributed by atoms with E-state index in [0.717, 1.165) is 18.7 Å². The number of nitrogens with zero attached hydrogens (tertiary/aromatic N) is 1. The van der Waals surface area contributed by atoms with Gasteiger partial charge in [0.2, 0.25) is 0 Å². The fourth-order valence-electron chi connectivity index (χ4n) is 1.44. The van der Waals surface area contributed by atoms with Gasteiger partial charge >= 0.3 is 5.97 Å². The van der Waals surface area contributed by atoms with Gasteiger partial charge in [0, 0.05) is 13.1 Å².